The van der Waals surface area contributed by atoms with Gasteiger partial charge < -0.3 is 10.0 Å². The molecule has 2 fully saturated rings. The normalized spacial score (nSPS) is 27.5. The molecule has 1 amide bonds. The van der Waals surface area contributed by atoms with E-state index in [4.69, 9.17) is 5.11 Å². The highest BCUT2D eigenvalue weighted by Crippen LogP contribution is 2.44. The summed E-state index contributed by atoms with van der Waals surface area (Å²) in [5.41, 5.74) is -0.432. The van der Waals surface area contributed by atoms with Crippen LogP contribution in [0, 0.1) is 5.41 Å². The molecular formula is C14H23NO5S. The van der Waals surface area contributed by atoms with Crippen LogP contribution < -0.4 is 0 Å². The Bertz CT molecular complexity index is 521. The first kappa shape index (κ1) is 16.3. The number of amides is 1. The van der Waals surface area contributed by atoms with Gasteiger partial charge in [-0.15, -0.1) is 0 Å². The Hall–Kier alpha value is -1.11. The second-order valence-electron chi connectivity index (χ2n) is 6.50. The van der Waals surface area contributed by atoms with Crippen molar-refractivity contribution in [3.63, 3.8) is 0 Å². The van der Waals surface area contributed by atoms with Gasteiger partial charge in [0.05, 0.1) is 17.9 Å². The van der Waals surface area contributed by atoms with Crippen molar-refractivity contribution >= 4 is 21.7 Å². The molecule has 0 aromatic rings. The molecule has 1 aliphatic carbocycles. The molecule has 7 heteroatoms. The molecule has 0 bridgehead atoms. The van der Waals surface area contributed by atoms with Gasteiger partial charge in [0.25, 0.3) is 0 Å². The van der Waals surface area contributed by atoms with Gasteiger partial charge in [-0.25, -0.2) is 8.42 Å². The maximum Gasteiger partial charge on any atom is 0.303 e. The topological polar surface area (TPSA) is 91.8 Å². The van der Waals surface area contributed by atoms with Gasteiger partial charge in [-0.1, -0.05) is 12.8 Å². The first-order chi connectivity index (χ1) is 9.73. The summed E-state index contributed by atoms with van der Waals surface area (Å²) in [7, 11) is -3.05. The third kappa shape index (κ3) is 3.96. The minimum absolute atomic E-state index is 0.00463. The Kier molecular flexibility index (Phi) is 4.60. The number of aliphatic carboxylic acids is 1. The fraction of sp³-hybridized carbons (Fsp3) is 0.857. The molecule has 2 aliphatic rings. The number of sulfone groups is 1. The van der Waals surface area contributed by atoms with E-state index >= 15 is 0 Å². The predicted octanol–water partition coefficient (Wildman–Crippen LogP) is 1.06. The van der Waals surface area contributed by atoms with Crippen LogP contribution in [-0.2, 0) is 19.4 Å². The smallest absolute Gasteiger partial charge is 0.303 e. The second-order valence-corrected chi connectivity index (χ2v) is 8.73. The van der Waals surface area contributed by atoms with Crippen LogP contribution in [0.15, 0.2) is 0 Å². The van der Waals surface area contributed by atoms with Crippen LogP contribution in [0.3, 0.4) is 0 Å². The largest absolute Gasteiger partial charge is 0.481 e. The van der Waals surface area contributed by atoms with Crippen LogP contribution in [0.25, 0.3) is 0 Å². The van der Waals surface area contributed by atoms with Crippen LogP contribution in [-0.4, -0.2) is 54.4 Å². The predicted molar refractivity (Wildman–Crippen MR) is 77.6 cm³/mol. The number of carboxylic acid groups (broad SMARTS) is 1. The molecule has 1 saturated heterocycles. The third-order valence-corrected chi connectivity index (χ3v) is 6.50. The zero-order valence-corrected chi connectivity index (χ0v) is 13.2. The highest BCUT2D eigenvalue weighted by Gasteiger charge is 2.40. The molecule has 120 valence electrons. The van der Waals surface area contributed by atoms with Crippen molar-refractivity contribution in [2.24, 2.45) is 5.41 Å². The monoisotopic (exact) mass is 317 g/mol. The lowest BCUT2D eigenvalue weighted by Gasteiger charge is -2.36. The molecule has 0 aromatic carbocycles. The fourth-order valence-corrected chi connectivity index (χ4v) is 5.21. The minimum atomic E-state index is -3.05. The van der Waals surface area contributed by atoms with Crippen LogP contribution in [0.2, 0.25) is 0 Å². The Morgan fingerprint density at radius 2 is 1.86 bits per heavy atom. The number of carbonyl (C=O) groups is 2. The van der Waals surface area contributed by atoms with Gasteiger partial charge in [0.1, 0.15) is 0 Å². The van der Waals surface area contributed by atoms with E-state index in [1.54, 1.807) is 11.8 Å². The van der Waals surface area contributed by atoms with Crippen molar-refractivity contribution in [2.75, 3.05) is 18.1 Å². The number of carboxylic acids is 1. The van der Waals surface area contributed by atoms with Crippen molar-refractivity contribution in [1.29, 1.82) is 0 Å². The highest BCUT2D eigenvalue weighted by molar-refractivity contribution is 7.91. The minimum Gasteiger partial charge on any atom is -0.481 e. The lowest BCUT2D eigenvalue weighted by atomic mass is 9.79. The summed E-state index contributed by atoms with van der Waals surface area (Å²) in [6.07, 6.45) is 3.72. The summed E-state index contributed by atoms with van der Waals surface area (Å²) in [5.74, 6) is -0.945. The summed E-state index contributed by atoms with van der Waals surface area (Å²) in [6.45, 7) is 1.97. The lowest BCUT2D eigenvalue weighted by molar-refractivity contribution is -0.141. The van der Waals surface area contributed by atoms with E-state index in [2.05, 4.69) is 0 Å². The zero-order valence-electron chi connectivity index (χ0n) is 12.4. The van der Waals surface area contributed by atoms with Gasteiger partial charge in [0, 0.05) is 19.0 Å². The molecule has 21 heavy (non-hydrogen) atoms. The standard InChI is InChI=1S/C14H23NO5S/c1-11-10-21(19,20)7-6-15(11)12(16)8-14(9-13(17)18)4-2-3-5-14/h11H,2-10H2,1H3,(H,17,18). The SMILES string of the molecule is CC1CS(=O)(=O)CCN1C(=O)CC1(CC(=O)O)CCCC1. The molecule has 1 N–H and O–H groups in total. The molecule has 0 aromatic heterocycles. The molecular weight excluding hydrogens is 294 g/mol. The highest BCUT2D eigenvalue weighted by atomic mass is 32.2. The Labute approximate surface area is 125 Å². The number of hydrogen-bond acceptors (Lipinski definition) is 4. The van der Waals surface area contributed by atoms with Crippen LogP contribution in [0.5, 0.6) is 0 Å². The summed E-state index contributed by atoms with van der Waals surface area (Å²) in [5, 5.41) is 9.08. The van der Waals surface area contributed by atoms with Gasteiger partial charge >= 0.3 is 5.97 Å². The number of nitrogens with zero attached hydrogens (tertiary/aromatic N) is 1. The Morgan fingerprint density at radius 1 is 1.24 bits per heavy atom. The van der Waals surface area contributed by atoms with Crippen molar-refractivity contribution in [1.82, 2.24) is 4.90 Å². The van der Waals surface area contributed by atoms with E-state index in [1.807, 2.05) is 0 Å². The average Bonchev–Trinajstić information content (AvgIpc) is 2.74. The van der Waals surface area contributed by atoms with Crippen LogP contribution in [0.1, 0.15) is 45.4 Å². The Morgan fingerprint density at radius 3 is 2.38 bits per heavy atom. The van der Waals surface area contributed by atoms with E-state index in [0.29, 0.717) is 0 Å². The summed E-state index contributed by atoms with van der Waals surface area (Å²) < 4.78 is 23.1. The Balaban J connectivity index is 2.04. The molecule has 1 aliphatic heterocycles. The molecule has 0 spiro atoms. The lowest BCUT2D eigenvalue weighted by Crippen LogP contribution is -2.50. The number of rotatable bonds is 4. The van der Waals surface area contributed by atoms with E-state index in [9.17, 15) is 18.0 Å². The van der Waals surface area contributed by atoms with E-state index in [-0.39, 0.29) is 42.8 Å². The molecule has 1 atom stereocenters. The van der Waals surface area contributed by atoms with E-state index in [0.717, 1.165) is 25.7 Å². The quantitative estimate of drug-likeness (QED) is 0.837. The average molecular weight is 317 g/mol. The van der Waals surface area contributed by atoms with Gasteiger partial charge in [0.15, 0.2) is 9.84 Å². The third-order valence-electron chi connectivity index (χ3n) is 4.71. The van der Waals surface area contributed by atoms with Gasteiger partial charge in [-0.2, -0.15) is 0 Å². The summed E-state index contributed by atoms with van der Waals surface area (Å²) >= 11 is 0. The molecule has 1 saturated carbocycles. The van der Waals surface area contributed by atoms with Crippen molar-refractivity contribution in [3.05, 3.63) is 0 Å². The summed E-state index contributed by atoms with van der Waals surface area (Å²) in [6, 6.07) is -0.320. The van der Waals surface area contributed by atoms with E-state index in [1.165, 1.54) is 0 Å². The molecule has 2 rings (SSSR count). The molecule has 0 radical (unpaired) electrons. The number of carbonyl (C=O) groups excluding carboxylic acids is 1. The van der Waals surface area contributed by atoms with Crippen molar-refractivity contribution < 1.29 is 23.1 Å². The van der Waals surface area contributed by atoms with Crippen molar-refractivity contribution in [2.45, 2.75) is 51.5 Å². The molecule has 1 heterocycles. The first-order valence-corrected chi connectivity index (χ1v) is 9.27. The maximum absolute atomic E-state index is 12.5. The maximum atomic E-state index is 12.5. The van der Waals surface area contributed by atoms with Crippen LogP contribution >= 0.6 is 0 Å². The number of hydrogen-bond donors (Lipinski definition) is 1. The van der Waals surface area contributed by atoms with Gasteiger partial charge in [-0.05, 0) is 25.2 Å². The van der Waals surface area contributed by atoms with Crippen molar-refractivity contribution in [3.8, 4) is 0 Å². The summed E-state index contributed by atoms with van der Waals surface area (Å²) in [4.78, 5) is 25.2. The van der Waals surface area contributed by atoms with Crippen LogP contribution in [0.4, 0.5) is 0 Å². The zero-order chi connectivity index (χ0) is 15.7. The first-order valence-electron chi connectivity index (χ1n) is 7.45. The van der Waals surface area contributed by atoms with Gasteiger partial charge in [-0.3, -0.25) is 9.59 Å². The molecule has 1 unspecified atom stereocenters. The molecule has 6 nitrogen and oxygen atoms in total. The second kappa shape index (κ2) is 5.94. The van der Waals surface area contributed by atoms with Gasteiger partial charge in [0.2, 0.25) is 5.91 Å². The fourth-order valence-electron chi connectivity index (χ4n) is 3.65. The van der Waals surface area contributed by atoms with E-state index < -0.39 is 21.2 Å².